The maximum absolute atomic E-state index is 11.8. The Morgan fingerprint density at radius 3 is 2.67 bits per heavy atom. The zero-order chi connectivity index (χ0) is 13.1. The predicted octanol–water partition coefficient (Wildman–Crippen LogP) is 0.166. The summed E-state index contributed by atoms with van der Waals surface area (Å²) in [5.41, 5.74) is 5.97. The highest BCUT2D eigenvalue weighted by Crippen LogP contribution is 2.14. The number of aryl methyl sites for hydroxylation is 1. The molecular weight excluding hydrogens is 234 g/mol. The molecule has 0 radical (unpaired) electrons. The number of anilines is 1. The molecule has 0 saturated heterocycles. The lowest BCUT2D eigenvalue weighted by atomic mass is 10.1. The van der Waals surface area contributed by atoms with Crippen LogP contribution in [0.25, 0.3) is 0 Å². The molecule has 2 amide bonds. The fourth-order valence-corrected chi connectivity index (χ4v) is 1.44. The lowest BCUT2D eigenvalue weighted by Gasteiger charge is -2.06. The number of hydrogen-bond acceptors (Lipinski definition) is 4. The molecule has 3 N–H and O–H groups in total. The molecule has 0 aliphatic carbocycles. The average molecular weight is 245 g/mol. The van der Waals surface area contributed by atoms with Gasteiger partial charge in [0.05, 0.1) is 17.4 Å². The molecule has 0 fully saturated rings. The van der Waals surface area contributed by atoms with Gasteiger partial charge in [-0.1, -0.05) is 12.1 Å². The number of carbonyl (C=O) groups is 2. The number of carbonyl (C=O) groups excluding carboxylic acids is 2. The largest absolute Gasteiger partial charge is 0.366 e. The summed E-state index contributed by atoms with van der Waals surface area (Å²) < 4.78 is 0. The summed E-state index contributed by atoms with van der Waals surface area (Å²) in [5, 5.41) is 10.2. The first-order valence-electron chi connectivity index (χ1n) is 5.14. The molecule has 0 saturated carbocycles. The number of rotatable bonds is 3. The third-order valence-electron chi connectivity index (χ3n) is 2.27. The maximum atomic E-state index is 11.8. The second-order valence-electron chi connectivity index (χ2n) is 3.58. The third kappa shape index (κ3) is 2.34. The molecule has 2 aromatic rings. The van der Waals surface area contributed by atoms with E-state index >= 15 is 0 Å². The van der Waals surface area contributed by atoms with Crippen LogP contribution in [0.1, 0.15) is 20.8 Å². The van der Waals surface area contributed by atoms with E-state index < -0.39 is 11.8 Å². The lowest BCUT2D eigenvalue weighted by Crippen LogP contribution is -2.18. The standard InChI is InChI=1S/C11H11N5O2/c1-16-13-6-9(15-16)11(18)14-8-5-3-2-4-7(8)10(12)17/h2-6H,1H3,(H2,12,17)(H,14,18). The molecule has 0 atom stereocenters. The van der Waals surface area contributed by atoms with Gasteiger partial charge in [0.2, 0.25) is 0 Å². The summed E-state index contributed by atoms with van der Waals surface area (Å²) in [5.74, 6) is -1.05. The summed E-state index contributed by atoms with van der Waals surface area (Å²) in [4.78, 5) is 24.3. The van der Waals surface area contributed by atoms with E-state index in [1.54, 1.807) is 25.2 Å². The monoisotopic (exact) mass is 245 g/mol. The van der Waals surface area contributed by atoms with E-state index in [0.29, 0.717) is 5.69 Å². The van der Waals surface area contributed by atoms with Gasteiger partial charge in [0.15, 0.2) is 5.69 Å². The minimum Gasteiger partial charge on any atom is -0.366 e. The summed E-state index contributed by atoms with van der Waals surface area (Å²) in [6.45, 7) is 0. The van der Waals surface area contributed by atoms with Crippen molar-refractivity contribution in [2.45, 2.75) is 0 Å². The van der Waals surface area contributed by atoms with Gasteiger partial charge < -0.3 is 11.1 Å². The first-order valence-corrected chi connectivity index (χ1v) is 5.14. The zero-order valence-corrected chi connectivity index (χ0v) is 9.62. The van der Waals surface area contributed by atoms with Crippen LogP contribution in [0.15, 0.2) is 30.5 Å². The van der Waals surface area contributed by atoms with Crippen molar-refractivity contribution in [3.05, 3.63) is 41.7 Å². The Labute approximate surface area is 103 Å². The van der Waals surface area contributed by atoms with Gasteiger partial charge in [-0.2, -0.15) is 9.90 Å². The van der Waals surface area contributed by atoms with Crippen LogP contribution in [0.2, 0.25) is 0 Å². The molecule has 7 heteroatoms. The molecule has 1 aromatic heterocycles. The van der Waals surface area contributed by atoms with Gasteiger partial charge in [-0.25, -0.2) is 0 Å². The maximum Gasteiger partial charge on any atom is 0.277 e. The topological polar surface area (TPSA) is 103 Å². The van der Waals surface area contributed by atoms with Crippen LogP contribution in [0.3, 0.4) is 0 Å². The van der Waals surface area contributed by atoms with E-state index in [0.717, 1.165) is 0 Å². The first-order chi connectivity index (χ1) is 8.58. The van der Waals surface area contributed by atoms with Crippen molar-refractivity contribution in [2.75, 3.05) is 5.32 Å². The Bertz CT molecular complexity index is 605. The van der Waals surface area contributed by atoms with E-state index in [4.69, 9.17) is 5.73 Å². The molecule has 0 aliphatic heterocycles. The van der Waals surface area contributed by atoms with Crippen molar-refractivity contribution in [1.29, 1.82) is 0 Å². The number of nitrogens with zero attached hydrogens (tertiary/aromatic N) is 3. The summed E-state index contributed by atoms with van der Waals surface area (Å²) in [6.07, 6.45) is 1.34. The van der Waals surface area contributed by atoms with E-state index in [1.807, 2.05) is 0 Å². The van der Waals surface area contributed by atoms with Gasteiger partial charge in [-0.3, -0.25) is 9.59 Å². The second kappa shape index (κ2) is 4.66. The minimum atomic E-state index is -0.606. The van der Waals surface area contributed by atoms with Crippen LogP contribution < -0.4 is 11.1 Å². The van der Waals surface area contributed by atoms with E-state index in [1.165, 1.54) is 17.1 Å². The number of nitrogens with one attached hydrogen (secondary N) is 1. The van der Waals surface area contributed by atoms with Crippen molar-refractivity contribution < 1.29 is 9.59 Å². The van der Waals surface area contributed by atoms with E-state index in [-0.39, 0.29) is 11.3 Å². The SMILES string of the molecule is Cn1ncc(C(=O)Nc2ccccc2C(N)=O)n1. The highest BCUT2D eigenvalue weighted by atomic mass is 16.2. The molecule has 0 spiro atoms. The quantitative estimate of drug-likeness (QED) is 0.804. The predicted molar refractivity (Wildman–Crippen MR) is 63.9 cm³/mol. The molecule has 92 valence electrons. The summed E-state index contributed by atoms with van der Waals surface area (Å²) in [6, 6.07) is 6.49. The lowest BCUT2D eigenvalue weighted by molar-refractivity contribution is 0.100. The zero-order valence-electron chi connectivity index (χ0n) is 9.62. The highest BCUT2D eigenvalue weighted by Gasteiger charge is 2.13. The smallest absolute Gasteiger partial charge is 0.277 e. The number of hydrogen-bond donors (Lipinski definition) is 2. The van der Waals surface area contributed by atoms with Crippen LogP contribution in [-0.4, -0.2) is 26.8 Å². The Morgan fingerprint density at radius 2 is 2.06 bits per heavy atom. The van der Waals surface area contributed by atoms with Gasteiger partial charge in [0.25, 0.3) is 11.8 Å². The van der Waals surface area contributed by atoms with Crippen LogP contribution in [0.5, 0.6) is 0 Å². The van der Waals surface area contributed by atoms with Crippen molar-refractivity contribution in [3.63, 3.8) is 0 Å². The van der Waals surface area contributed by atoms with Crippen molar-refractivity contribution >= 4 is 17.5 Å². The van der Waals surface area contributed by atoms with E-state index in [9.17, 15) is 9.59 Å². The van der Waals surface area contributed by atoms with Crippen LogP contribution in [0.4, 0.5) is 5.69 Å². The molecule has 1 aromatic carbocycles. The molecule has 7 nitrogen and oxygen atoms in total. The van der Waals surface area contributed by atoms with Crippen molar-refractivity contribution in [1.82, 2.24) is 15.0 Å². The van der Waals surface area contributed by atoms with Crippen LogP contribution >= 0.6 is 0 Å². The second-order valence-corrected chi connectivity index (χ2v) is 3.58. The number of primary amides is 1. The molecular formula is C11H11N5O2. The minimum absolute atomic E-state index is 0.164. The van der Waals surface area contributed by atoms with E-state index in [2.05, 4.69) is 15.5 Å². The molecule has 0 unspecified atom stereocenters. The van der Waals surface area contributed by atoms with Crippen LogP contribution in [0, 0.1) is 0 Å². The number of amides is 2. The number of benzene rings is 1. The fourth-order valence-electron chi connectivity index (χ4n) is 1.44. The number of aromatic nitrogens is 3. The average Bonchev–Trinajstić information content (AvgIpc) is 2.76. The fraction of sp³-hybridized carbons (Fsp3) is 0.0909. The molecule has 1 heterocycles. The van der Waals surface area contributed by atoms with Gasteiger partial charge in [0, 0.05) is 7.05 Å². The van der Waals surface area contributed by atoms with Gasteiger partial charge in [-0.15, -0.1) is 5.10 Å². The molecule has 18 heavy (non-hydrogen) atoms. The Morgan fingerprint density at radius 1 is 1.33 bits per heavy atom. The number of para-hydroxylation sites is 1. The van der Waals surface area contributed by atoms with Gasteiger partial charge in [-0.05, 0) is 12.1 Å². The Balaban J connectivity index is 2.24. The van der Waals surface area contributed by atoms with Gasteiger partial charge in [0.1, 0.15) is 0 Å². The van der Waals surface area contributed by atoms with Crippen LogP contribution in [-0.2, 0) is 7.05 Å². The van der Waals surface area contributed by atoms with Gasteiger partial charge >= 0.3 is 0 Å². The first kappa shape index (κ1) is 11.8. The van der Waals surface area contributed by atoms with Crippen molar-refractivity contribution in [2.24, 2.45) is 12.8 Å². The molecule has 0 aliphatic rings. The molecule has 0 bridgehead atoms. The number of nitrogens with two attached hydrogens (primary N) is 1. The Kier molecular flexibility index (Phi) is 3.05. The summed E-state index contributed by atoms with van der Waals surface area (Å²) >= 11 is 0. The van der Waals surface area contributed by atoms with Crippen molar-refractivity contribution in [3.8, 4) is 0 Å². The molecule has 2 rings (SSSR count). The summed E-state index contributed by atoms with van der Waals surface area (Å²) in [7, 11) is 1.61. The normalized spacial score (nSPS) is 10.1. The highest BCUT2D eigenvalue weighted by molar-refractivity contribution is 6.07. The third-order valence-corrected chi connectivity index (χ3v) is 2.27. The Hall–Kier alpha value is -2.70.